The van der Waals surface area contributed by atoms with E-state index in [0.29, 0.717) is 5.17 Å². The van der Waals surface area contributed by atoms with Crippen LogP contribution in [-0.4, -0.2) is 21.4 Å². The molecular weight excluding hydrogens is 338 g/mol. The van der Waals surface area contributed by atoms with Gasteiger partial charge in [-0.25, -0.2) is 9.98 Å². The normalized spacial score (nSPS) is 11.1. The molecule has 7 heteroatoms. The van der Waals surface area contributed by atoms with Gasteiger partial charge in [0.2, 0.25) is 0 Å². The van der Waals surface area contributed by atoms with Crippen molar-refractivity contribution in [2.24, 2.45) is 4.99 Å². The number of nitrogens with zero attached hydrogens (tertiary/aromatic N) is 4. The average Bonchev–Trinajstić information content (AvgIpc) is 3.12. The Morgan fingerprint density at radius 3 is 2.92 bits per heavy atom. The Balaban J connectivity index is 1.90. The minimum Gasteiger partial charge on any atom is -0.271 e. The highest BCUT2D eigenvalue weighted by molar-refractivity contribution is 8.13. The van der Waals surface area contributed by atoms with Crippen LogP contribution in [0.5, 0.6) is 0 Å². The van der Waals surface area contributed by atoms with Gasteiger partial charge in [-0.15, -0.1) is 11.3 Å². The molecule has 0 unspecified atom stereocenters. The molecule has 0 spiro atoms. The number of aliphatic imine (C=N–C) groups is 1. The summed E-state index contributed by atoms with van der Waals surface area (Å²) in [7, 11) is 0. The first-order chi connectivity index (χ1) is 11.8. The maximum absolute atomic E-state index is 8.72. The first-order valence-corrected chi connectivity index (χ1v) is 9.16. The van der Waals surface area contributed by atoms with Gasteiger partial charge in [-0.3, -0.25) is 10.3 Å². The maximum atomic E-state index is 8.72. The van der Waals surface area contributed by atoms with Gasteiger partial charge < -0.3 is 0 Å². The fourth-order valence-corrected chi connectivity index (χ4v) is 3.19. The Morgan fingerprint density at radius 2 is 2.17 bits per heavy atom. The number of hydrogen-bond acceptors (Lipinski definition) is 6. The molecular formula is C17H13N5S2. The van der Waals surface area contributed by atoms with Crippen LogP contribution in [0.25, 0.3) is 22.0 Å². The van der Waals surface area contributed by atoms with Crippen molar-refractivity contribution < 1.29 is 0 Å². The molecule has 0 radical (unpaired) electrons. The topological polar surface area (TPSA) is 74.0 Å². The van der Waals surface area contributed by atoms with Gasteiger partial charge in [0.15, 0.2) is 11.4 Å². The van der Waals surface area contributed by atoms with E-state index in [4.69, 9.17) is 5.26 Å². The minimum absolute atomic E-state index is 0.558. The van der Waals surface area contributed by atoms with Crippen molar-refractivity contribution in [2.45, 2.75) is 0 Å². The van der Waals surface area contributed by atoms with Crippen LogP contribution in [0.1, 0.15) is 0 Å². The second-order valence-corrected chi connectivity index (χ2v) is 6.31. The lowest BCUT2D eigenvalue weighted by Crippen LogP contribution is -2.12. The third-order valence-electron chi connectivity index (χ3n) is 3.11. The van der Waals surface area contributed by atoms with Crippen LogP contribution in [0.3, 0.4) is 0 Å². The Kier molecular flexibility index (Phi) is 5.21. The van der Waals surface area contributed by atoms with E-state index in [2.05, 4.69) is 20.3 Å². The van der Waals surface area contributed by atoms with E-state index in [0.717, 1.165) is 27.6 Å². The van der Waals surface area contributed by atoms with Gasteiger partial charge in [0.25, 0.3) is 0 Å². The molecule has 1 aromatic carbocycles. The van der Waals surface area contributed by atoms with E-state index < -0.39 is 0 Å². The van der Waals surface area contributed by atoms with Crippen molar-refractivity contribution in [3.8, 4) is 28.2 Å². The van der Waals surface area contributed by atoms with Crippen LogP contribution in [0, 0.1) is 11.5 Å². The van der Waals surface area contributed by atoms with Crippen molar-refractivity contribution >= 4 is 34.0 Å². The van der Waals surface area contributed by atoms with E-state index in [9.17, 15) is 0 Å². The van der Waals surface area contributed by atoms with Crippen molar-refractivity contribution in [3.05, 3.63) is 54.0 Å². The average molecular weight is 351 g/mol. The number of aromatic nitrogens is 2. The molecule has 5 nitrogen and oxygen atoms in total. The lowest BCUT2D eigenvalue weighted by Gasteiger charge is -2.02. The monoisotopic (exact) mass is 351 g/mol. The van der Waals surface area contributed by atoms with Gasteiger partial charge in [-0.1, -0.05) is 30.0 Å². The van der Waals surface area contributed by atoms with E-state index in [1.54, 1.807) is 17.5 Å². The van der Waals surface area contributed by atoms with Crippen LogP contribution in [0.2, 0.25) is 0 Å². The van der Waals surface area contributed by atoms with E-state index in [-0.39, 0.29) is 0 Å². The summed E-state index contributed by atoms with van der Waals surface area (Å²) < 4.78 is 0. The van der Waals surface area contributed by atoms with Crippen molar-refractivity contribution in [1.82, 2.24) is 15.3 Å². The SMILES string of the molecule is CSC(=Nc1cccc(-c2nc(-c3ccccn3)cs2)c1)NC#N. The van der Waals surface area contributed by atoms with Crippen LogP contribution >= 0.6 is 23.1 Å². The van der Waals surface area contributed by atoms with Crippen LogP contribution in [0.4, 0.5) is 5.69 Å². The molecule has 0 atom stereocenters. The number of nitriles is 1. The number of thiazole rings is 1. The molecule has 1 N–H and O–H groups in total. The molecule has 3 rings (SSSR count). The second-order valence-electron chi connectivity index (χ2n) is 4.66. The number of pyridine rings is 1. The molecule has 0 aliphatic heterocycles. The summed E-state index contributed by atoms with van der Waals surface area (Å²) >= 11 is 2.96. The molecule has 0 amide bonds. The highest BCUT2D eigenvalue weighted by Gasteiger charge is 2.08. The van der Waals surface area contributed by atoms with E-state index in [1.807, 2.05) is 60.3 Å². The smallest absolute Gasteiger partial charge is 0.183 e. The number of hydrogen-bond donors (Lipinski definition) is 1. The summed E-state index contributed by atoms with van der Waals surface area (Å²) in [5.41, 5.74) is 3.48. The van der Waals surface area contributed by atoms with E-state index >= 15 is 0 Å². The third-order valence-corrected chi connectivity index (χ3v) is 4.58. The molecule has 118 valence electrons. The molecule has 0 aliphatic carbocycles. The molecule has 0 bridgehead atoms. The van der Waals surface area contributed by atoms with Crippen molar-refractivity contribution in [3.63, 3.8) is 0 Å². The summed E-state index contributed by atoms with van der Waals surface area (Å²) in [5, 5.41) is 14.7. The van der Waals surface area contributed by atoms with Crippen LogP contribution in [-0.2, 0) is 0 Å². The van der Waals surface area contributed by atoms with Gasteiger partial charge in [0.1, 0.15) is 10.7 Å². The highest BCUT2D eigenvalue weighted by Crippen LogP contribution is 2.30. The number of nitrogens with one attached hydrogen (secondary N) is 1. The first kappa shape index (κ1) is 16.2. The molecule has 24 heavy (non-hydrogen) atoms. The molecule has 0 saturated carbocycles. The van der Waals surface area contributed by atoms with Gasteiger partial charge in [-0.2, -0.15) is 5.26 Å². The predicted octanol–water partition coefficient (Wildman–Crippen LogP) is 4.29. The third kappa shape index (κ3) is 3.79. The van der Waals surface area contributed by atoms with Crippen LogP contribution in [0.15, 0.2) is 59.0 Å². The summed E-state index contributed by atoms with van der Waals surface area (Å²) in [5.74, 6) is 0. The summed E-state index contributed by atoms with van der Waals surface area (Å²) in [4.78, 5) is 13.4. The van der Waals surface area contributed by atoms with Crippen molar-refractivity contribution in [2.75, 3.05) is 6.26 Å². The highest BCUT2D eigenvalue weighted by atomic mass is 32.2. The molecule has 0 saturated heterocycles. The van der Waals surface area contributed by atoms with Crippen LogP contribution < -0.4 is 5.32 Å². The molecule has 3 aromatic rings. The quantitative estimate of drug-likeness (QED) is 0.330. The lowest BCUT2D eigenvalue weighted by molar-refractivity contribution is 1.27. The zero-order chi connectivity index (χ0) is 16.8. The fraction of sp³-hybridized carbons (Fsp3) is 0.0588. The van der Waals surface area contributed by atoms with Gasteiger partial charge >= 0.3 is 0 Å². The zero-order valence-electron chi connectivity index (χ0n) is 12.8. The Labute approximate surface area is 148 Å². The summed E-state index contributed by atoms with van der Waals surface area (Å²) in [6.07, 6.45) is 5.52. The lowest BCUT2D eigenvalue weighted by atomic mass is 10.2. The second kappa shape index (κ2) is 7.73. The molecule has 2 heterocycles. The number of thioether (sulfide) groups is 1. The number of rotatable bonds is 3. The first-order valence-electron chi connectivity index (χ1n) is 7.05. The minimum atomic E-state index is 0.558. The summed E-state index contributed by atoms with van der Waals surface area (Å²) in [6.45, 7) is 0. The number of benzene rings is 1. The number of amidine groups is 1. The summed E-state index contributed by atoms with van der Waals surface area (Å²) in [6, 6.07) is 13.6. The van der Waals surface area contributed by atoms with Gasteiger partial charge in [-0.05, 0) is 30.5 Å². The Bertz CT molecular complexity index is 897. The largest absolute Gasteiger partial charge is 0.271 e. The van der Waals surface area contributed by atoms with E-state index in [1.165, 1.54) is 11.8 Å². The fourth-order valence-electron chi connectivity index (χ4n) is 2.04. The molecule has 0 fully saturated rings. The molecule has 0 aliphatic rings. The zero-order valence-corrected chi connectivity index (χ0v) is 14.4. The standard InChI is InChI=1S/C17H13N5S2/c1-23-17(20-11-18)21-13-6-4-5-12(9-13)16-22-15(10-24-16)14-7-2-3-8-19-14/h2-10H,1H3,(H,20,21). The molecule has 2 aromatic heterocycles. The Morgan fingerprint density at radius 1 is 1.25 bits per heavy atom. The Hall–Kier alpha value is -2.69. The van der Waals surface area contributed by atoms with Gasteiger partial charge in [0, 0.05) is 17.1 Å². The maximum Gasteiger partial charge on any atom is 0.183 e. The van der Waals surface area contributed by atoms with Crippen molar-refractivity contribution in [1.29, 1.82) is 5.26 Å². The van der Waals surface area contributed by atoms with Gasteiger partial charge in [0.05, 0.1) is 11.4 Å². The predicted molar refractivity (Wildman–Crippen MR) is 100 cm³/mol.